The maximum Gasteiger partial charge on any atom is 0.410 e. The number of fused-ring (bicyclic) bond motifs is 1. The van der Waals surface area contributed by atoms with E-state index in [1.165, 1.54) is 6.07 Å². The molecule has 0 aromatic heterocycles. The van der Waals surface area contributed by atoms with E-state index in [9.17, 15) is 18.4 Å². The minimum atomic E-state index is -0.781. The van der Waals surface area contributed by atoms with Crippen LogP contribution in [-0.2, 0) is 14.3 Å². The number of nitrogens with one attached hydrogen (secondary N) is 1. The molecule has 26 heavy (non-hydrogen) atoms. The van der Waals surface area contributed by atoms with E-state index >= 15 is 0 Å². The zero-order valence-corrected chi connectivity index (χ0v) is 14.1. The molecule has 2 aliphatic rings. The fourth-order valence-electron chi connectivity index (χ4n) is 2.97. The van der Waals surface area contributed by atoms with E-state index in [-0.39, 0.29) is 37.8 Å². The fraction of sp³-hybridized carbons (Fsp3) is 0.529. The van der Waals surface area contributed by atoms with Gasteiger partial charge in [0.2, 0.25) is 5.91 Å². The number of hydrogen-bond acceptors (Lipinski definition) is 5. The average molecular weight is 370 g/mol. The first-order valence-corrected chi connectivity index (χ1v) is 8.37. The van der Waals surface area contributed by atoms with Crippen molar-refractivity contribution in [2.75, 3.05) is 39.5 Å². The number of cyclic esters (lactones) is 1. The predicted octanol–water partition coefficient (Wildman–Crippen LogP) is 1.46. The molecule has 1 N–H and O–H groups in total. The molecule has 1 aromatic rings. The first-order valence-electron chi connectivity index (χ1n) is 8.37. The van der Waals surface area contributed by atoms with Crippen LogP contribution in [0.25, 0.3) is 0 Å². The van der Waals surface area contributed by atoms with E-state index < -0.39 is 23.3 Å². The van der Waals surface area contributed by atoms with Crippen molar-refractivity contribution in [1.82, 2.24) is 10.2 Å². The Balaban J connectivity index is 1.40. The molecule has 1 unspecified atom stereocenters. The molecule has 2 fully saturated rings. The minimum Gasteiger partial charge on any atom is -0.491 e. The molecule has 0 spiro atoms. The normalized spacial score (nSPS) is 21.9. The lowest BCUT2D eigenvalue weighted by atomic mass is 9.99. The summed E-state index contributed by atoms with van der Waals surface area (Å²) in [6, 6.07) is 3.05. The number of carbonyl (C=O) groups excluding carboxylic acids is 2. The summed E-state index contributed by atoms with van der Waals surface area (Å²) in [6.07, 6.45) is 0.150. The SMILES string of the molecule is O=C(CCCOc1ccc(F)cc1F)NCC12COCCN1C(=O)OC2. The molecule has 2 saturated heterocycles. The highest BCUT2D eigenvalue weighted by Gasteiger charge is 2.49. The van der Waals surface area contributed by atoms with Crippen LogP contribution in [0.2, 0.25) is 0 Å². The Morgan fingerprint density at radius 3 is 3.00 bits per heavy atom. The second kappa shape index (κ2) is 7.86. The summed E-state index contributed by atoms with van der Waals surface area (Å²) in [4.78, 5) is 25.3. The number of carbonyl (C=O) groups is 2. The molecule has 2 heterocycles. The summed E-state index contributed by atoms with van der Waals surface area (Å²) in [7, 11) is 0. The highest BCUT2D eigenvalue weighted by atomic mass is 19.1. The number of nitrogens with zero attached hydrogens (tertiary/aromatic N) is 1. The van der Waals surface area contributed by atoms with Crippen LogP contribution in [0.15, 0.2) is 18.2 Å². The molecule has 2 aliphatic heterocycles. The third kappa shape index (κ3) is 4.04. The van der Waals surface area contributed by atoms with Gasteiger partial charge in [-0.15, -0.1) is 0 Å². The van der Waals surface area contributed by atoms with E-state index in [4.69, 9.17) is 14.2 Å². The van der Waals surface area contributed by atoms with E-state index in [1.807, 2.05) is 0 Å². The number of amides is 2. The third-order valence-electron chi connectivity index (χ3n) is 4.40. The summed E-state index contributed by atoms with van der Waals surface area (Å²) in [5, 5.41) is 2.78. The summed E-state index contributed by atoms with van der Waals surface area (Å²) >= 11 is 0. The Hall–Kier alpha value is -2.42. The summed E-state index contributed by atoms with van der Waals surface area (Å²) < 4.78 is 41.9. The van der Waals surface area contributed by atoms with Gasteiger partial charge in [0.1, 0.15) is 18.0 Å². The minimum absolute atomic E-state index is 0.0534. The van der Waals surface area contributed by atoms with Gasteiger partial charge in [0, 0.05) is 25.6 Å². The van der Waals surface area contributed by atoms with Gasteiger partial charge in [-0.25, -0.2) is 13.6 Å². The van der Waals surface area contributed by atoms with Crippen LogP contribution in [0, 0.1) is 11.6 Å². The van der Waals surface area contributed by atoms with Crippen LogP contribution in [0.5, 0.6) is 5.75 Å². The topological polar surface area (TPSA) is 77.1 Å². The van der Waals surface area contributed by atoms with Crippen LogP contribution in [0.1, 0.15) is 12.8 Å². The Morgan fingerprint density at radius 1 is 1.35 bits per heavy atom. The lowest BCUT2D eigenvalue weighted by molar-refractivity contribution is -0.122. The summed E-state index contributed by atoms with van der Waals surface area (Å²) in [5.74, 6) is -1.73. The van der Waals surface area contributed by atoms with Crippen LogP contribution in [0.3, 0.4) is 0 Å². The van der Waals surface area contributed by atoms with Crippen molar-refractivity contribution >= 4 is 12.0 Å². The monoisotopic (exact) mass is 370 g/mol. The summed E-state index contributed by atoms with van der Waals surface area (Å²) in [6.45, 7) is 1.74. The van der Waals surface area contributed by atoms with Gasteiger partial charge in [0.05, 0.1) is 19.8 Å². The second-order valence-corrected chi connectivity index (χ2v) is 6.29. The van der Waals surface area contributed by atoms with Gasteiger partial charge in [-0.1, -0.05) is 0 Å². The van der Waals surface area contributed by atoms with E-state index in [0.717, 1.165) is 12.1 Å². The van der Waals surface area contributed by atoms with Gasteiger partial charge < -0.3 is 19.5 Å². The van der Waals surface area contributed by atoms with Gasteiger partial charge in [0.25, 0.3) is 0 Å². The quantitative estimate of drug-likeness (QED) is 0.736. The molecule has 2 amide bonds. The molecule has 142 valence electrons. The molecule has 0 aliphatic carbocycles. The third-order valence-corrected chi connectivity index (χ3v) is 4.40. The van der Waals surface area contributed by atoms with Crippen molar-refractivity contribution in [3.8, 4) is 5.75 Å². The largest absolute Gasteiger partial charge is 0.491 e. The fourth-order valence-corrected chi connectivity index (χ4v) is 2.97. The van der Waals surface area contributed by atoms with Crippen molar-refractivity contribution < 1.29 is 32.6 Å². The summed E-state index contributed by atoms with van der Waals surface area (Å²) in [5.41, 5.74) is -0.654. The lowest BCUT2D eigenvalue weighted by Crippen LogP contribution is -2.61. The van der Waals surface area contributed by atoms with Crippen molar-refractivity contribution in [1.29, 1.82) is 0 Å². The van der Waals surface area contributed by atoms with Crippen molar-refractivity contribution in [3.05, 3.63) is 29.8 Å². The lowest BCUT2D eigenvalue weighted by Gasteiger charge is -2.38. The molecule has 7 nitrogen and oxygen atoms in total. The number of hydrogen-bond donors (Lipinski definition) is 1. The molecule has 1 aromatic carbocycles. The molecule has 3 rings (SSSR count). The van der Waals surface area contributed by atoms with Gasteiger partial charge in [0.15, 0.2) is 11.6 Å². The van der Waals surface area contributed by atoms with Crippen LogP contribution in [-0.4, -0.2) is 62.0 Å². The number of halogens is 2. The van der Waals surface area contributed by atoms with Crippen LogP contribution < -0.4 is 10.1 Å². The zero-order valence-electron chi connectivity index (χ0n) is 14.1. The van der Waals surface area contributed by atoms with E-state index in [1.54, 1.807) is 4.90 Å². The Labute approximate surface area is 149 Å². The first kappa shape index (κ1) is 18.4. The maximum atomic E-state index is 13.4. The standard InChI is InChI=1S/C17H20F2N2O5/c18-12-3-4-14(13(19)8-12)25-6-1-2-15(22)20-9-17-10-24-7-5-21(17)16(23)26-11-17/h3-4,8H,1-2,5-7,9-11H2,(H,20,22). The second-order valence-electron chi connectivity index (χ2n) is 6.29. The highest BCUT2D eigenvalue weighted by molar-refractivity contribution is 5.76. The zero-order chi connectivity index (χ0) is 18.6. The van der Waals surface area contributed by atoms with Gasteiger partial charge in [-0.05, 0) is 18.6 Å². The number of benzene rings is 1. The number of rotatable bonds is 7. The highest BCUT2D eigenvalue weighted by Crippen LogP contribution is 2.27. The first-order chi connectivity index (χ1) is 12.5. The number of morpholine rings is 1. The van der Waals surface area contributed by atoms with E-state index in [0.29, 0.717) is 26.2 Å². The maximum absolute atomic E-state index is 13.4. The smallest absolute Gasteiger partial charge is 0.410 e. The van der Waals surface area contributed by atoms with Crippen LogP contribution >= 0.6 is 0 Å². The molecular formula is C17H20F2N2O5. The van der Waals surface area contributed by atoms with Crippen molar-refractivity contribution in [3.63, 3.8) is 0 Å². The molecule has 0 saturated carbocycles. The molecule has 1 atom stereocenters. The van der Waals surface area contributed by atoms with Crippen LogP contribution in [0.4, 0.5) is 13.6 Å². The van der Waals surface area contributed by atoms with Gasteiger partial charge >= 0.3 is 6.09 Å². The van der Waals surface area contributed by atoms with Gasteiger partial charge in [-0.2, -0.15) is 0 Å². The molecule has 0 radical (unpaired) electrons. The molecule has 0 bridgehead atoms. The Kier molecular flexibility index (Phi) is 5.55. The van der Waals surface area contributed by atoms with Gasteiger partial charge in [-0.3, -0.25) is 9.69 Å². The average Bonchev–Trinajstić information content (AvgIpc) is 2.96. The van der Waals surface area contributed by atoms with Crippen molar-refractivity contribution in [2.24, 2.45) is 0 Å². The molecule has 9 heteroatoms. The predicted molar refractivity (Wildman–Crippen MR) is 85.7 cm³/mol. The van der Waals surface area contributed by atoms with E-state index in [2.05, 4.69) is 5.32 Å². The Bertz CT molecular complexity index is 687. The molecular weight excluding hydrogens is 350 g/mol. The Morgan fingerprint density at radius 2 is 2.19 bits per heavy atom. The van der Waals surface area contributed by atoms with Crippen molar-refractivity contribution in [2.45, 2.75) is 18.4 Å². The number of ether oxygens (including phenoxy) is 3.